The average Bonchev–Trinajstić information content (AvgIpc) is 2.96. The number of carbonyl (C=O) groups is 2. The lowest BCUT2D eigenvalue weighted by atomic mass is 10.2. The van der Waals surface area contributed by atoms with Crippen LogP contribution in [0.5, 0.6) is 0 Å². The van der Waals surface area contributed by atoms with Crippen molar-refractivity contribution >= 4 is 11.9 Å². The number of nitrogens with one attached hydrogen (secondary N) is 2. The molecule has 0 aliphatic heterocycles. The second-order valence-electron chi connectivity index (χ2n) is 4.67. The first-order chi connectivity index (χ1) is 10.7. The molecule has 0 spiro atoms. The molecular formula is C14H18N6O2. The van der Waals surface area contributed by atoms with E-state index in [1.54, 1.807) is 0 Å². The molecule has 2 N–H and O–H groups in total. The lowest BCUT2D eigenvalue weighted by Crippen LogP contribution is -2.41. The van der Waals surface area contributed by atoms with Crippen LogP contribution in [-0.4, -0.2) is 38.7 Å². The molecule has 8 nitrogen and oxygen atoms in total. The Labute approximate surface area is 127 Å². The minimum absolute atomic E-state index is 0.166. The zero-order valence-electron chi connectivity index (χ0n) is 12.3. The highest BCUT2D eigenvalue weighted by molar-refractivity contribution is 5.94. The summed E-state index contributed by atoms with van der Waals surface area (Å²) in [5, 5.41) is 16.6. The van der Waals surface area contributed by atoms with Crippen LogP contribution in [0, 0.1) is 0 Å². The van der Waals surface area contributed by atoms with Gasteiger partial charge in [-0.2, -0.15) is 4.80 Å². The summed E-state index contributed by atoms with van der Waals surface area (Å²) < 4.78 is 0. The van der Waals surface area contributed by atoms with Crippen LogP contribution in [0.2, 0.25) is 0 Å². The molecule has 0 unspecified atom stereocenters. The number of benzene rings is 1. The molecular weight excluding hydrogens is 284 g/mol. The number of nitrogens with zero attached hydrogens (tertiary/aromatic N) is 4. The largest absolute Gasteiger partial charge is 0.338 e. The number of aromatic nitrogens is 4. The van der Waals surface area contributed by atoms with Gasteiger partial charge in [0.2, 0.25) is 5.82 Å². The SMILES string of the molecule is CCCCNC(=O)NC(=O)Cn1nnc(-c2ccccc2)n1. The van der Waals surface area contributed by atoms with Crippen molar-refractivity contribution in [3.8, 4) is 11.4 Å². The van der Waals surface area contributed by atoms with Crippen LogP contribution in [0.4, 0.5) is 4.79 Å². The van der Waals surface area contributed by atoms with Crippen molar-refractivity contribution in [1.82, 2.24) is 30.8 Å². The van der Waals surface area contributed by atoms with Crippen molar-refractivity contribution in [3.05, 3.63) is 30.3 Å². The molecule has 0 aliphatic carbocycles. The molecule has 22 heavy (non-hydrogen) atoms. The highest BCUT2D eigenvalue weighted by Gasteiger charge is 2.11. The van der Waals surface area contributed by atoms with Gasteiger partial charge in [0.05, 0.1) is 0 Å². The zero-order valence-corrected chi connectivity index (χ0v) is 12.3. The molecule has 116 valence electrons. The predicted octanol–water partition coefficient (Wildman–Crippen LogP) is 0.966. The Hall–Kier alpha value is -2.77. The van der Waals surface area contributed by atoms with Crippen LogP contribution >= 0.6 is 0 Å². The van der Waals surface area contributed by atoms with E-state index in [4.69, 9.17) is 0 Å². The van der Waals surface area contributed by atoms with E-state index in [9.17, 15) is 9.59 Å². The molecule has 1 aromatic carbocycles. The van der Waals surface area contributed by atoms with Crippen molar-refractivity contribution in [2.75, 3.05) is 6.54 Å². The molecule has 2 rings (SSSR count). The van der Waals surface area contributed by atoms with E-state index < -0.39 is 11.9 Å². The van der Waals surface area contributed by atoms with Gasteiger partial charge < -0.3 is 5.32 Å². The monoisotopic (exact) mass is 302 g/mol. The van der Waals surface area contributed by atoms with Gasteiger partial charge in [0.25, 0.3) is 5.91 Å². The number of urea groups is 1. The van der Waals surface area contributed by atoms with Crippen LogP contribution in [0.3, 0.4) is 0 Å². The summed E-state index contributed by atoms with van der Waals surface area (Å²) in [5.74, 6) is -0.0631. The van der Waals surface area contributed by atoms with Crippen molar-refractivity contribution in [3.63, 3.8) is 0 Å². The Morgan fingerprint density at radius 3 is 2.73 bits per heavy atom. The van der Waals surface area contributed by atoms with Gasteiger partial charge in [0.15, 0.2) is 0 Å². The standard InChI is InChI=1S/C14H18N6O2/c1-2-3-9-15-14(22)16-12(21)10-20-18-13(17-19-20)11-7-5-4-6-8-11/h4-8H,2-3,9-10H2,1H3,(H2,15,16,21,22). The number of tetrazole rings is 1. The smallest absolute Gasteiger partial charge is 0.321 e. The third-order valence-electron chi connectivity index (χ3n) is 2.84. The Bertz CT molecular complexity index is 625. The Balaban J connectivity index is 1.85. The van der Waals surface area contributed by atoms with E-state index in [1.807, 2.05) is 37.3 Å². The molecule has 0 atom stereocenters. The van der Waals surface area contributed by atoms with Crippen LogP contribution in [-0.2, 0) is 11.3 Å². The first-order valence-electron chi connectivity index (χ1n) is 7.10. The van der Waals surface area contributed by atoms with Crippen molar-refractivity contribution in [1.29, 1.82) is 0 Å². The summed E-state index contributed by atoms with van der Waals surface area (Å²) in [7, 11) is 0. The molecule has 8 heteroatoms. The fourth-order valence-electron chi connectivity index (χ4n) is 1.73. The maximum Gasteiger partial charge on any atom is 0.321 e. The molecule has 0 radical (unpaired) electrons. The third kappa shape index (κ3) is 4.65. The number of amides is 3. The van der Waals surface area contributed by atoms with Crippen LogP contribution < -0.4 is 10.6 Å². The van der Waals surface area contributed by atoms with Crippen LogP contribution in [0.15, 0.2) is 30.3 Å². The Morgan fingerprint density at radius 1 is 1.23 bits per heavy atom. The number of hydrogen-bond donors (Lipinski definition) is 2. The van der Waals surface area contributed by atoms with E-state index in [2.05, 4.69) is 26.0 Å². The molecule has 1 heterocycles. The van der Waals surface area contributed by atoms with Gasteiger partial charge in [-0.25, -0.2) is 4.79 Å². The maximum atomic E-state index is 11.7. The fourth-order valence-corrected chi connectivity index (χ4v) is 1.73. The van der Waals surface area contributed by atoms with Gasteiger partial charge in [0.1, 0.15) is 6.54 Å². The first-order valence-corrected chi connectivity index (χ1v) is 7.10. The molecule has 0 bridgehead atoms. The van der Waals surface area contributed by atoms with E-state index in [1.165, 1.54) is 0 Å². The summed E-state index contributed by atoms with van der Waals surface area (Å²) in [5.41, 5.74) is 0.812. The molecule has 0 saturated carbocycles. The van der Waals surface area contributed by atoms with Crippen LogP contribution in [0.1, 0.15) is 19.8 Å². The van der Waals surface area contributed by atoms with Crippen molar-refractivity contribution < 1.29 is 9.59 Å². The summed E-state index contributed by atoms with van der Waals surface area (Å²) >= 11 is 0. The minimum Gasteiger partial charge on any atom is -0.338 e. The molecule has 0 aliphatic rings. The summed E-state index contributed by atoms with van der Waals surface area (Å²) in [6.07, 6.45) is 1.84. The average molecular weight is 302 g/mol. The number of hydrogen-bond acceptors (Lipinski definition) is 5. The van der Waals surface area contributed by atoms with E-state index in [0.717, 1.165) is 23.2 Å². The topological polar surface area (TPSA) is 102 Å². The lowest BCUT2D eigenvalue weighted by molar-refractivity contribution is -0.121. The number of carbonyl (C=O) groups excluding carboxylic acids is 2. The number of unbranched alkanes of at least 4 members (excludes halogenated alkanes) is 1. The van der Waals surface area contributed by atoms with Gasteiger partial charge in [-0.05, 0) is 11.6 Å². The van der Waals surface area contributed by atoms with E-state index >= 15 is 0 Å². The van der Waals surface area contributed by atoms with Gasteiger partial charge in [-0.1, -0.05) is 43.7 Å². The quantitative estimate of drug-likeness (QED) is 0.774. The van der Waals surface area contributed by atoms with E-state index in [0.29, 0.717) is 12.4 Å². The minimum atomic E-state index is -0.512. The second-order valence-corrected chi connectivity index (χ2v) is 4.67. The second kappa shape index (κ2) is 7.87. The molecule has 0 fully saturated rings. The zero-order chi connectivity index (χ0) is 15.8. The summed E-state index contributed by atoms with van der Waals surface area (Å²) in [4.78, 5) is 24.3. The van der Waals surface area contributed by atoms with Gasteiger partial charge in [0, 0.05) is 12.1 Å². The van der Waals surface area contributed by atoms with Gasteiger partial charge in [-0.15, -0.1) is 10.2 Å². The van der Waals surface area contributed by atoms with Crippen molar-refractivity contribution in [2.45, 2.75) is 26.3 Å². The third-order valence-corrected chi connectivity index (χ3v) is 2.84. The summed E-state index contributed by atoms with van der Waals surface area (Å²) in [6, 6.07) is 8.80. The Kier molecular flexibility index (Phi) is 5.58. The Morgan fingerprint density at radius 2 is 2.00 bits per heavy atom. The first kappa shape index (κ1) is 15.6. The molecule has 3 amide bonds. The lowest BCUT2D eigenvalue weighted by Gasteiger charge is -2.05. The predicted molar refractivity (Wildman–Crippen MR) is 79.7 cm³/mol. The summed E-state index contributed by atoms with van der Waals surface area (Å²) in [6.45, 7) is 2.39. The van der Waals surface area contributed by atoms with Crippen molar-refractivity contribution in [2.24, 2.45) is 0 Å². The molecule has 0 saturated heterocycles. The van der Waals surface area contributed by atoms with Gasteiger partial charge >= 0.3 is 6.03 Å². The fraction of sp³-hybridized carbons (Fsp3) is 0.357. The highest BCUT2D eigenvalue weighted by Crippen LogP contribution is 2.11. The molecule has 2 aromatic rings. The normalized spacial score (nSPS) is 10.2. The highest BCUT2D eigenvalue weighted by atomic mass is 16.2. The number of imide groups is 1. The van der Waals surface area contributed by atoms with E-state index in [-0.39, 0.29) is 6.54 Å². The molecule has 1 aromatic heterocycles. The number of rotatable bonds is 6. The maximum absolute atomic E-state index is 11.7. The van der Waals surface area contributed by atoms with Gasteiger partial charge in [-0.3, -0.25) is 10.1 Å². The van der Waals surface area contributed by atoms with Crippen LogP contribution in [0.25, 0.3) is 11.4 Å².